The molecule has 1 rings (SSSR count). The van der Waals surface area contributed by atoms with Gasteiger partial charge in [0.1, 0.15) is 6.04 Å². The van der Waals surface area contributed by atoms with E-state index in [9.17, 15) is 14.4 Å². The lowest BCUT2D eigenvalue weighted by Crippen LogP contribution is -2.41. The molecule has 0 aromatic heterocycles. The van der Waals surface area contributed by atoms with E-state index in [2.05, 4.69) is 5.32 Å². The molecule has 0 aliphatic heterocycles. The minimum atomic E-state index is -1.22. The number of primary amides is 1. The van der Waals surface area contributed by atoms with E-state index in [1.54, 1.807) is 19.1 Å². The van der Waals surface area contributed by atoms with Crippen molar-refractivity contribution in [1.82, 2.24) is 5.32 Å². The third-order valence-corrected chi connectivity index (χ3v) is 2.96. The fourth-order valence-corrected chi connectivity index (χ4v) is 1.79. The number of halogens is 1. The first-order chi connectivity index (χ1) is 9.31. The monoisotopic (exact) mass is 298 g/mol. The van der Waals surface area contributed by atoms with Crippen LogP contribution in [0.15, 0.2) is 18.2 Å². The minimum absolute atomic E-state index is 0.0595. The van der Waals surface area contributed by atoms with Crippen molar-refractivity contribution in [3.63, 3.8) is 0 Å². The van der Waals surface area contributed by atoms with Crippen molar-refractivity contribution in [2.24, 2.45) is 5.73 Å². The summed E-state index contributed by atoms with van der Waals surface area (Å²) in [6.45, 7) is 1.71. The van der Waals surface area contributed by atoms with Crippen LogP contribution >= 0.6 is 11.6 Å². The molecular weight excluding hydrogens is 284 g/mol. The first-order valence-corrected chi connectivity index (χ1v) is 6.27. The highest BCUT2D eigenvalue weighted by molar-refractivity contribution is 6.31. The Balaban J connectivity index is 2.82. The van der Waals surface area contributed by atoms with Gasteiger partial charge in [-0.2, -0.15) is 0 Å². The van der Waals surface area contributed by atoms with Crippen LogP contribution in [0.4, 0.5) is 0 Å². The molecule has 0 fully saturated rings. The molecule has 0 saturated carbocycles. The summed E-state index contributed by atoms with van der Waals surface area (Å²) in [7, 11) is 0. The Morgan fingerprint density at radius 1 is 1.40 bits per heavy atom. The second kappa shape index (κ2) is 6.91. The topological polar surface area (TPSA) is 109 Å². The predicted octanol–water partition coefficient (Wildman–Crippen LogP) is 1.10. The lowest BCUT2D eigenvalue weighted by Gasteiger charge is -2.14. The van der Waals surface area contributed by atoms with Gasteiger partial charge < -0.3 is 16.2 Å². The molecule has 0 aliphatic carbocycles. The maximum absolute atomic E-state index is 12.0. The summed E-state index contributed by atoms with van der Waals surface area (Å²) in [4.78, 5) is 33.7. The SMILES string of the molecule is Cc1ccc(Cl)cc1C(=O)NC(CCC(N)=O)C(=O)O. The summed E-state index contributed by atoms with van der Waals surface area (Å²) in [6.07, 6.45) is -0.179. The number of carbonyl (C=O) groups is 3. The smallest absolute Gasteiger partial charge is 0.326 e. The van der Waals surface area contributed by atoms with Crippen LogP contribution in [0.3, 0.4) is 0 Å². The third kappa shape index (κ3) is 4.55. The number of hydrogen-bond donors (Lipinski definition) is 3. The molecule has 0 bridgehead atoms. The van der Waals surface area contributed by atoms with E-state index >= 15 is 0 Å². The molecule has 1 unspecified atom stereocenters. The van der Waals surface area contributed by atoms with Crippen LogP contribution in [-0.2, 0) is 9.59 Å². The van der Waals surface area contributed by atoms with Crippen LogP contribution in [0.2, 0.25) is 5.02 Å². The Labute approximate surface area is 120 Å². The first kappa shape index (κ1) is 16.0. The summed E-state index contributed by atoms with van der Waals surface area (Å²) in [5.74, 6) is -2.40. The van der Waals surface area contributed by atoms with Gasteiger partial charge in [0.2, 0.25) is 5.91 Å². The highest BCUT2D eigenvalue weighted by Crippen LogP contribution is 2.15. The molecule has 1 atom stereocenters. The second-order valence-electron chi connectivity index (χ2n) is 4.33. The van der Waals surface area contributed by atoms with Crippen molar-refractivity contribution >= 4 is 29.4 Å². The van der Waals surface area contributed by atoms with Gasteiger partial charge in [0.15, 0.2) is 0 Å². The first-order valence-electron chi connectivity index (χ1n) is 5.89. The minimum Gasteiger partial charge on any atom is -0.480 e. The number of carbonyl (C=O) groups excluding carboxylic acids is 2. The molecule has 108 valence electrons. The number of amides is 2. The zero-order valence-corrected chi connectivity index (χ0v) is 11.6. The number of benzene rings is 1. The quantitative estimate of drug-likeness (QED) is 0.730. The Hall–Kier alpha value is -2.08. The molecule has 4 N–H and O–H groups in total. The van der Waals surface area contributed by atoms with Gasteiger partial charge in [0, 0.05) is 17.0 Å². The number of rotatable bonds is 6. The van der Waals surface area contributed by atoms with Gasteiger partial charge in [-0.3, -0.25) is 9.59 Å². The number of carboxylic acid groups (broad SMARTS) is 1. The van der Waals surface area contributed by atoms with E-state index in [-0.39, 0.29) is 12.8 Å². The van der Waals surface area contributed by atoms with Gasteiger partial charge in [-0.1, -0.05) is 17.7 Å². The van der Waals surface area contributed by atoms with E-state index < -0.39 is 23.8 Å². The summed E-state index contributed by atoms with van der Waals surface area (Å²) in [5.41, 5.74) is 5.93. The van der Waals surface area contributed by atoms with Gasteiger partial charge in [-0.15, -0.1) is 0 Å². The summed E-state index contributed by atoms with van der Waals surface area (Å²) in [6, 6.07) is 3.58. The predicted molar refractivity (Wildman–Crippen MR) is 73.5 cm³/mol. The second-order valence-corrected chi connectivity index (χ2v) is 4.76. The van der Waals surface area contributed by atoms with Crippen molar-refractivity contribution in [1.29, 1.82) is 0 Å². The third-order valence-electron chi connectivity index (χ3n) is 2.73. The van der Waals surface area contributed by atoms with E-state index in [1.165, 1.54) is 6.07 Å². The lowest BCUT2D eigenvalue weighted by molar-refractivity contribution is -0.139. The molecule has 0 saturated heterocycles. The Bertz CT molecular complexity index is 545. The van der Waals surface area contributed by atoms with Gasteiger partial charge in [-0.25, -0.2) is 4.79 Å². The number of aryl methyl sites for hydroxylation is 1. The molecular formula is C13H15ClN2O4. The molecule has 7 heteroatoms. The largest absolute Gasteiger partial charge is 0.480 e. The maximum atomic E-state index is 12.0. The Kier molecular flexibility index (Phi) is 5.52. The van der Waals surface area contributed by atoms with Gasteiger partial charge in [-0.05, 0) is 31.0 Å². The zero-order chi connectivity index (χ0) is 15.3. The zero-order valence-electron chi connectivity index (χ0n) is 10.9. The van der Waals surface area contributed by atoms with Crippen LogP contribution in [0, 0.1) is 6.92 Å². The highest BCUT2D eigenvalue weighted by atomic mass is 35.5. The maximum Gasteiger partial charge on any atom is 0.326 e. The molecule has 6 nitrogen and oxygen atoms in total. The number of nitrogens with two attached hydrogens (primary N) is 1. The summed E-state index contributed by atoms with van der Waals surface area (Å²) < 4.78 is 0. The molecule has 1 aromatic carbocycles. The standard InChI is InChI=1S/C13H15ClN2O4/c1-7-2-3-8(14)6-9(7)12(18)16-10(13(19)20)4-5-11(15)17/h2-3,6,10H,4-5H2,1H3,(H2,15,17)(H,16,18)(H,19,20). The number of aliphatic carboxylic acids is 1. The van der Waals surface area contributed by atoms with Crippen LogP contribution in [0.25, 0.3) is 0 Å². The Morgan fingerprint density at radius 3 is 2.60 bits per heavy atom. The van der Waals surface area contributed by atoms with Crippen LogP contribution in [-0.4, -0.2) is 28.9 Å². The van der Waals surface area contributed by atoms with Crippen molar-refractivity contribution in [3.8, 4) is 0 Å². The van der Waals surface area contributed by atoms with Crippen molar-refractivity contribution in [3.05, 3.63) is 34.3 Å². The number of carboxylic acids is 1. The van der Waals surface area contributed by atoms with Crippen molar-refractivity contribution in [2.75, 3.05) is 0 Å². The average molecular weight is 299 g/mol. The summed E-state index contributed by atoms with van der Waals surface area (Å²) in [5, 5.41) is 11.7. The molecule has 1 aromatic rings. The highest BCUT2D eigenvalue weighted by Gasteiger charge is 2.22. The normalized spacial score (nSPS) is 11.7. The fourth-order valence-electron chi connectivity index (χ4n) is 1.62. The molecule has 0 radical (unpaired) electrons. The average Bonchev–Trinajstić information content (AvgIpc) is 2.36. The molecule has 20 heavy (non-hydrogen) atoms. The molecule has 2 amide bonds. The van der Waals surface area contributed by atoms with E-state index in [0.717, 1.165) is 0 Å². The van der Waals surface area contributed by atoms with Crippen molar-refractivity contribution < 1.29 is 19.5 Å². The van der Waals surface area contributed by atoms with Crippen LogP contribution < -0.4 is 11.1 Å². The molecule has 0 spiro atoms. The fraction of sp³-hybridized carbons (Fsp3) is 0.308. The summed E-state index contributed by atoms with van der Waals surface area (Å²) >= 11 is 5.81. The number of hydrogen-bond acceptors (Lipinski definition) is 3. The van der Waals surface area contributed by atoms with E-state index in [4.69, 9.17) is 22.4 Å². The molecule has 0 aliphatic rings. The number of nitrogens with one attached hydrogen (secondary N) is 1. The van der Waals surface area contributed by atoms with Crippen LogP contribution in [0.5, 0.6) is 0 Å². The molecule has 0 heterocycles. The van der Waals surface area contributed by atoms with E-state index in [1.807, 2.05) is 0 Å². The van der Waals surface area contributed by atoms with Gasteiger partial charge >= 0.3 is 5.97 Å². The van der Waals surface area contributed by atoms with Gasteiger partial charge in [0.25, 0.3) is 5.91 Å². The van der Waals surface area contributed by atoms with Crippen LogP contribution in [0.1, 0.15) is 28.8 Å². The van der Waals surface area contributed by atoms with Crippen molar-refractivity contribution in [2.45, 2.75) is 25.8 Å². The van der Waals surface area contributed by atoms with E-state index in [0.29, 0.717) is 16.1 Å². The Morgan fingerprint density at radius 2 is 2.05 bits per heavy atom. The van der Waals surface area contributed by atoms with Gasteiger partial charge in [0.05, 0.1) is 0 Å². The lowest BCUT2D eigenvalue weighted by atomic mass is 10.1.